The first-order chi connectivity index (χ1) is 18.4. The lowest BCUT2D eigenvalue weighted by molar-refractivity contribution is -0.384. The highest BCUT2D eigenvalue weighted by Gasteiger charge is 2.16. The number of nitro groups is 1. The molecule has 190 valence electrons. The van der Waals surface area contributed by atoms with E-state index in [4.69, 9.17) is 0 Å². The third-order valence-electron chi connectivity index (χ3n) is 5.22. The third kappa shape index (κ3) is 7.25. The van der Waals surface area contributed by atoms with Crippen molar-refractivity contribution < 1.29 is 19.3 Å². The number of nitro benzene ring substituents is 1. The summed E-state index contributed by atoms with van der Waals surface area (Å²) in [7, 11) is 0. The molecule has 0 saturated carbocycles. The van der Waals surface area contributed by atoms with Crippen LogP contribution in [0.2, 0.25) is 0 Å². The van der Waals surface area contributed by atoms with Crippen molar-refractivity contribution in [2.24, 2.45) is 0 Å². The summed E-state index contributed by atoms with van der Waals surface area (Å²) in [5, 5.41) is 20.2. The molecular formula is C28H21N3O5S2. The molecule has 38 heavy (non-hydrogen) atoms. The number of amides is 2. The van der Waals surface area contributed by atoms with E-state index in [1.54, 1.807) is 60.7 Å². The predicted molar refractivity (Wildman–Crippen MR) is 149 cm³/mol. The Labute approximate surface area is 226 Å². The van der Waals surface area contributed by atoms with E-state index in [1.165, 1.54) is 47.4 Å². The van der Waals surface area contributed by atoms with Crippen LogP contribution in [0.15, 0.2) is 106 Å². The van der Waals surface area contributed by atoms with Crippen molar-refractivity contribution in [3.63, 3.8) is 0 Å². The predicted octanol–water partition coefficient (Wildman–Crippen LogP) is 6.04. The van der Waals surface area contributed by atoms with Crippen LogP contribution in [0.5, 0.6) is 0 Å². The SMILES string of the molecule is O=C(Nc1cccc(SCC(=O)c2cccc([N+](=O)[O-])c2)c1)/C(=C/c1ccsc1)NC(=O)c1ccccc1. The van der Waals surface area contributed by atoms with Crippen molar-refractivity contribution in [3.05, 3.63) is 128 Å². The molecule has 0 bridgehead atoms. The molecule has 0 aliphatic carbocycles. The van der Waals surface area contributed by atoms with Crippen molar-refractivity contribution in [2.45, 2.75) is 4.90 Å². The van der Waals surface area contributed by atoms with E-state index in [-0.39, 0.29) is 28.5 Å². The van der Waals surface area contributed by atoms with Crippen LogP contribution in [0.4, 0.5) is 11.4 Å². The van der Waals surface area contributed by atoms with Crippen LogP contribution in [0.1, 0.15) is 26.3 Å². The van der Waals surface area contributed by atoms with Gasteiger partial charge in [-0.25, -0.2) is 0 Å². The molecule has 1 aromatic heterocycles. The van der Waals surface area contributed by atoms with Gasteiger partial charge in [0.1, 0.15) is 5.70 Å². The van der Waals surface area contributed by atoms with Crippen LogP contribution in [0, 0.1) is 10.1 Å². The third-order valence-corrected chi connectivity index (χ3v) is 6.92. The molecule has 1 heterocycles. The summed E-state index contributed by atoms with van der Waals surface area (Å²) in [4.78, 5) is 49.6. The number of hydrogen-bond donors (Lipinski definition) is 2. The second-order valence-electron chi connectivity index (χ2n) is 7.94. The number of benzene rings is 3. The van der Waals surface area contributed by atoms with Gasteiger partial charge in [-0.05, 0) is 58.8 Å². The number of anilines is 1. The topological polar surface area (TPSA) is 118 Å². The molecule has 0 unspecified atom stereocenters. The normalized spacial score (nSPS) is 11.0. The number of rotatable bonds is 10. The number of nitrogens with zero attached hydrogens (tertiary/aromatic N) is 1. The van der Waals surface area contributed by atoms with Crippen LogP contribution in [0.3, 0.4) is 0 Å². The Bertz CT molecular complexity index is 1500. The second-order valence-corrected chi connectivity index (χ2v) is 9.76. The molecule has 4 aromatic rings. The summed E-state index contributed by atoms with van der Waals surface area (Å²) >= 11 is 2.72. The summed E-state index contributed by atoms with van der Waals surface area (Å²) < 4.78 is 0. The zero-order valence-corrected chi connectivity index (χ0v) is 21.5. The molecule has 3 aromatic carbocycles. The summed E-state index contributed by atoms with van der Waals surface area (Å²) in [6.45, 7) is 0. The van der Waals surface area contributed by atoms with Crippen LogP contribution in [-0.4, -0.2) is 28.3 Å². The van der Waals surface area contributed by atoms with Gasteiger partial charge in [0.2, 0.25) is 0 Å². The van der Waals surface area contributed by atoms with E-state index in [0.29, 0.717) is 11.3 Å². The molecule has 8 nitrogen and oxygen atoms in total. The Hall–Kier alpha value is -4.54. The molecule has 0 fully saturated rings. The quantitative estimate of drug-likeness (QED) is 0.0828. The highest BCUT2D eigenvalue weighted by Crippen LogP contribution is 2.24. The average molecular weight is 544 g/mol. The fraction of sp³-hybridized carbons (Fsp3) is 0.0357. The van der Waals surface area contributed by atoms with E-state index < -0.39 is 16.7 Å². The van der Waals surface area contributed by atoms with Gasteiger partial charge >= 0.3 is 0 Å². The Morgan fingerprint density at radius 1 is 0.921 bits per heavy atom. The minimum atomic E-state index is -0.542. The van der Waals surface area contributed by atoms with Gasteiger partial charge in [-0.15, -0.1) is 11.8 Å². The van der Waals surface area contributed by atoms with Gasteiger partial charge in [0.25, 0.3) is 17.5 Å². The Kier molecular flexibility index (Phi) is 8.81. The number of ketones is 1. The Balaban J connectivity index is 1.44. The maximum Gasteiger partial charge on any atom is 0.272 e. The fourth-order valence-electron chi connectivity index (χ4n) is 3.35. The van der Waals surface area contributed by atoms with Crippen molar-refractivity contribution in [2.75, 3.05) is 11.1 Å². The van der Waals surface area contributed by atoms with Crippen LogP contribution in [-0.2, 0) is 4.79 Å². The molecule has 0 saturated heterocycles. The van der Waals surface area contributed by atoms with E-state index in [0.717, 1.165) is 10.5 Å². The zero-order chi connectivity index (χ0) is 26.9. The fourth-order valence-corrected chi connectivity index (χ4v) is 4.82. The lowest BCUT2D eigenvalue weighted by Gasteiger charge is -2.12. The Morgan fingerprint density at radius 2 is 1.68 bits per heavy atom. The number of thioether (sulfide) groups is 1. The second kappa shape index (κ2) is 12.6. The van der Waals surface area contributed by atoms with Crippen molar-refractivity contribution in [1.82, 2.24) is 5.32 Å². The van der Waals surface area contributed by atoms with E-state index >= 15 is 0 Å². The molecule has 4 rings (SSSR count). The number of nitrogens with one attached hydrogen (secondary N) is 2. The molecule has 10 heteroatoms. The smallest absolute Gasteiger partial charge is 0.272 e. The molecule has 2 N–H and O–H groups in total. The van der Waals surface area contributed by atoms with Gasteiger partial charge in [-0.3, -0.25) is 24.5 Å². The summed E-state index contributed by atoms with van der Waals surface area (Å²) in [6.07, 6.45) is 1.60. The number of non-ortho nitro benzene ring substituents is 1. The maximum absolute atomic E-state index is 13.1. The van der Waals surface area contributed by atoms with Crippen LogP contribution >= 0.6 is 23.1 Å². The molecule has 0 atom stereocenters. The summed E-state index contributed by atoms with van der Waals surface area (Å²) in [5.41, 5.74) is 1.87. The zero-order valence-electron chi connectivity index (χ0n) is 19.8. The van der Waals surface area contributed by atoms with Gasteiger partial charge in [-0.1, -0.05) is 36.4 Å². The van der Waals surface area contributed by atoms with Gasteiger partial charge in [0, 0.05) is 33.8 Å². The van der Waals surface area contributed by atoms with Gasteiger partial charge in [0.05, 0.1) is 10.7 Å². The van der Waals surface area contributed by atoms with Gasteiger partial charge < -0.3 is 10.6 Å². The first-order valence-corrected chi connectivity index (χ1v) is 13.2. The number of carbonyl (C=O) groups excluding carboxylic acids is 3. The van der Waals surface area contributed by atoms with Crippen molar-refractivity contribution >= 4 is 58.1 Å². The molecule has 0 aliphatic rings. The maximum atomic E-state index is 13.1. The Morgan fingerprint density at radius 3 is 2.42 bits per heavy atom. The largest absolute Gasteiger partial charge is 0.321 e. The number of hydrogen-bond acceptors (Lipinski definition) is 7. The molecule has 0 spiro atoms. The number of carbonyl (C=O) groups is 3. The van der Waals surface area contributed by atoms with Crippen molar-refractivity contribution in [3.8, 4) is 0 Å². The highest BCUT2D eigenvalue weighted by molar-refractivity contribution is 8.00. The van der Waals surface area contributed by atoms with E-state index in [2.05, 4.69) is 10.6 Å². The van der Waals surface area contributed by atoms with E-state index in [1.807, 2.05) is 16.8 Å². The monoisotopic (exact) mass is 543 g/mol. The number of Topliss-reactive ketones (excluding diaryl/α,β-unsaturated/α-hetero) is 1. The van der Waals surface area contributed by atoms with Crippen LogP contribution < -0.4 is 10.6 Å². The lowest BCUT2D eigenvalue weighted by Crippen LogP contribution is -2.30. The van der Waals surface area contributed by atoms with E-state index in [9.17, 15) is 24.5 Å². The van der Waals surface area contributed by atoms with Crippen molar-refractivity contribution in [1.29, 1.82) is 0 Å². The standard InChI is InChI=1S/C28H21N3O5S2/c32-26(21-8-4-10-23(15-21)31(35)36)18-38-24-11-5-9-22(16-24)29-28(34)25(14-19-12-13-37-17-19)30-27(33)20-6-2-1-3-7-20/h1-17H,18H2,(H,29,34)(H,30,33)/b25-14-. The molecule has 2 amide bonds. The summed E-state index contributed by atoms with van der Waals surface area (Å²) in [6, 6.07) is 23.0. The highest BCUT2D eigenvalue weighted by atomic mass is 32.2. The summed E-state index contributed by atoms with van der Waals surface area (Å²) in [5.74, 6) is -1.10. The first-order valence-electron chi connectivity index (χ1n) is 11.3. The molecule has 0 aliphatic heterocycles. The first kappa shape index (κ1) is 26.5. The van der Waals surface area contributed by atoms with Gasteiger partial charge in [-0.2, -0.15) is 11.3 Å². The van der Waals surface area contributed by atoms with Crippen LogP contribution in [0.25, 0.3) is 6.08 Å². The average Bonchev–Trinajstić information content (AvgIpc) is 3.45. The molecular weight excluding hydrogens is 522 g/mol. The van der Waals surface area contributed by atoms with Gasteiger partial charge in [0.15, 0.2) is 5.78 Å². The molecule has 0 radical (unpaired) electrons. The minimum Gasteiger partial charge on any atom is -0.321 e. The lowest BCUT2D eigenvalue weighted by atomic mass is 10.1. The minimum absolute atomic E-state index is 0.0645. The number of thiophene rings is 1.